The van der Waals surface area contributed by atoms with E-state index in [1.54, 1.807) is 54.5 Å². The summed E-state index contributed by atoms with van der Waals surface area (Å²) in [7, 11) is 0. The van der Waals surface area contributed by atoms with Gasteiger partial charge in [0.15, 0.2) is 5.82 Å². The van der Waals surface area contributed by atoms with Crippen molar-refractivity contribution in [1.29, 1.82) is 0 Å². The number of rotatable bonds is 5. The lowest BCUT2D eigenvalue weighted by Gasteiger charge is -2.08. The molecule has 0 radical (unpaired) electrons. The largest absolute Gasteiger partial charge is 0.345 e. The lowest BCUT2D eigenvalue weighted by atomic mass is 10.2. The number of amides is 1. The SMILES string of the molecule is Cc1nc(C(=O)NCc2cccnc2-n2cccn2)nn1-c1ccc(F)cc1. The Labute approximate surface area is 159 Å². The van der Waals surface area contributed by atoms with Crippen LogP contribution in [0.3, 0.4) is 0 Å². The van der Waals surface area contributed by atoms with Crippen molar-refractivity contribution in [2.24, 2.45) is 0 Å². The van der Waals surface area contributed by atoms with E-state index >= 15 is 0 Å². The number of nitrogens with one attached hydrogen (secondary N) is 1. The van der Waals surface area contributed by atoms with Gasteiger partial charge in [0.05, 0.1) is 5.69 Å². The number of carbonyl (C=O) groups is 1. The summed E-state index contributed by atoms with van der Waals surface area (Å²) in [6.07, 6.45) is 5.10. The number of benzene rings is 1. The second-order valence-corrected chi connectivity index (χ2v) is 5.99. The Kier molecular flexibility index (Phi) is 4.63. The summed E-state index contributed by atoms with van der Waals surface area (Å²) >= 11 is 0. The molecule has 1 aromatic carbocycles. The van der Waals surface area contributed by atoms with Crippen molar-refractivity contribution in [3.8, 4) is 11.5 Å². The van der Waals surface area contributed by atoms with Crippen LogP contribution >= 0.6 is 0 Å². The molecule has 0 saturated carbocycles. The Hall–Kier alpha value is -3.88. The normalized spacial score (nSPS) is 10.8. The molecule has 0 aliphatic carbocycles. The smallest absolute Gasteiger partial charge is 0.291 e. The molecule has 1 N–H and O–H groups in total. The fourth-order valence-electron chi connectivity index (χ4n) is 2.74. The van der Waals surface area contributed by atoms with Crippen LogP contribution in [0.25, 0.3) is 11.5 Å². The monoisotopic (exact) mass is 377 g/mol. The van der Waals surface area contributed by atoms with Crippen LogP contribution in [0.5, 0.6) is 0 Å². The quantitative estimate of drug-likeness (QED) is 0.576. The average Bonchev–Trinajstić information content (AvgIpc) is 3.37. The number of hydrogen-bond acceptors (Lipinski definition) is 5. The maximum Gasteiger partial charge on any atom is 0.291 e. The van der Waals surface area contributed by atoms with E-state index in [1.807, 2.05) is 6.07 Å². The van der Waals surface area contributed by atoms with Crippen LogP contribution in [0.4, 0.5) is 4.39 Å². The number of hydrogen-bond donors (Lipinski definition) is 1. The molecule has 0 unspecified atom stereocenters. The Morgan fingerprint density at radius 3 is 2.71 bits per heavy atom. The molecule has 0 bridgehead atoms. The summed E-state index contributed by atoms with van der Waals surface area (Å²) in [6.45, 7) is 1.97. The van der Waals surface area contributed by atoms with Gasteiger partial charge in [-0.1, -0.05) is 6.07 Å². The van der Waals surface area contributed by atoms with E-state index in [1.165, 1.54) is 16.8 Å². The highest BCUT2D eigenvalue weighted by atomic mass is 19.1. The van der Waals surface area contributed by atoms with Gasteiger partial charge < -0.3 is 5.32 Å². The van der Waals surface area contributed by atoms with Gasteiger partial charge in [-0.15, -0.1) is 5.10 Å². The summed E-state index contributed by atoms with van der Waals surface area (Å²) in [5, 5.41) is 11.2. The van der Waals surface area contributed by atoms with Gasteiger partial charge in [-0.3, -0.25) is 4.79 Å². The van der Waals surface area contributed by atoms with Crippen LogP contribution in [0, 0.1) is 12.7 Å². The summed E-state index contributed by atoms with van der Waals surface area (Å²) in [5.74, 6) is 0.429. The molecule has 28 heavy (non-hydrogen) atoms. The summed E-state index contributed by atoms with van der Waals surface area (Å²) in [4.78, 5) is 21.0. The molecule has 0 aliphatic rings. The molecule has 4 aromatic rings. The van der Waals surface area contributed by atoms with Crippen LogP contribution in [0.15, 0.2) is 61.1 Å². The average molecular weight is 377 g/mol. The minimum absolute atomic E-state index is 0.0337. The molecule has 140 valence electrons. The van der Waals surface area contributed by atoms with Crippen LogP contribution < -0.4 is 5.32 Å². The van der Waals surface area contributed by atoms with Gasteiger partial charge in [0.1, 0.15) is 11.6 Å². The predicted octanol–water partition coefficient (Wildman–Crippen LogP) is 2.23. The number of pyridine rings is 1. The van der Waals surface area contributed by atoms with Crippen LogP contribution in [-0.2, 0) is 6.54 Å². The zero-order valence-corrected chi connectivity index (χ0v) is 15.0. The Balaban J connectivity index is 1.51. The number of aromatic nitrogens is 6. The van der Waals surface area contributed by atoms with Gasteiger partial charge in [0, 0.05) is 30.7 Å². The Bertz CT molecular complexity index is 1100. The van der Waals surface area contributed by atoms with Crippen LogP contribution in [0.1, 0.15) is 22.0 Å². The first-order chi connectivity index (χ1) is 13.6. The number of carbonyl (C=O) groups excluding carboxylic acids is 1. The molecule has 4 rings (SSSR count). The van der Waals surface area contributed by atoms with Gasteiger partial charge in [-0.05, 0) is 43.3 Å². The first-order valence-electron chi connectivity index (χ1n) is 8.53. The van der Waals surface area contributed by atoms with Crippen LogP contribution in [-0.4, -0.2) is 35.4 Å². The van der Waals surface area contributed by atoms with Gasteiger partial charge in [-0.25, -0.2) is 23.7 Å². The summed E-state index contributed by atoms with van der Waals surface area (Å²) < 4.78 is 16.2. The third-order valence-corrected chi connectivity index (χ3v) is 4.07. The molecule has 0 spiro atoms. The highest BCUT2D eigenvalue weighted by Gasteiger charge is 2.16. The fourth-order valence-corrected chi connectivity index (χ4v) is 2.74. The summed E-state index contributed by atoms with van der Waals surface area (Å²) in [5.41, 5.74) is 1.42. The lowest BCUT2D eigenvalue weighted by Crippen LogP contribution is -2.25. The maximum absolute atomic E-state index is 13.1. The molecular formula is C19H16FN7O. The van der Waals surface area contributed by atoms with E-state index in [4.69, 9.17) is 0 Å². The molecular weight excluding hydrogens is 361 g/mol. The van der Waals surface area contributed by atoms with Gasteiger partial charge in [-0.2, -0.15) is 5.10 Å². The fraction of sp³-hybridized carbons (Fsp3) is 0.105. The molecule has 9 heteroatoms. The van der Waals surface area contributed by atoms with E-state index in [9.17, 15) is 9.18 Å². The first-order valence-corrected chi connectivity index (χ1v) is 8.53. The second-order valence-electron chi connectivity index (χ2n) is 5.99. The number of nitrogens with zero attached hydrogens (tertiary/aromatic N) is 6. The third-order valence-electron chi connectivity index (χ3n) is 4.07. The Morgan fingerprint density at radius 1 is 1.14 bits per heavy atom. The molecule has 8 nitrogen and oxygen atoms in total. The molecule has 0 saturated heterocycles. The van der Waals surface area contributed by atoms with E-state index < -0.39 is 5.91 Å². The maximum atomic E-state index is 13.1. The van der Waals surface area contributed by atoms with Crippen molar-refractivity contribution in [2.75, 3.05) is 0 Å². The highest BCUT2D eigenvalue weighted by Crippen LogP contribution is 2.12. The molecule has 0 aliphatic heterocycles. The van der Waals surface area contributed by atoms with Crippen molar-refractivity contribution < 1.29 is 9.18 Å². The van der Waals surface area contributed by atoms with Crippen LogP contribution in [0.2, 0.25) is 0 Å². The number of aryl methyl sites for hydroxylation is 1. The molecule has 1 amide bonds. The van der Waals surface area contributed by atoms with Gasteiger partial charge in [0.25, 0.3) is 5.91 Å². The topological polar surface area (TPSA) is 90.5 Å². The van der Waals surface area contributed by atoms with Crippen molar-refractivity contribution in [3.63, 3.8) is 0 Å². The minimum Gasteiger partial charge on any atom is -0.345 e. The first kappa shape index (κ1) is 17.5. The zero-order chi connectivity index (χ0) is 19.5. The minimum atomic E-state index is -0.417. The molecule has 3 heterocycles. The van der Waals surface area contributed by atoms with Gasteiger partial charge in [0.2, 0.25) is 5.82 Å². The Morgan fingerprint density at radius 2 is 1.96 bits per heavy atom. The third kappa shape index (κ3) is 3.50. The second kappa shape index (κ2) is 7.39. The lowest BCUT2D eigenvalue weighted by molar-refractivity contribution is 0.0940. The van der Waals surface area contributed by atoms with Crippen molar-refractivity contribution >= 4 is 5.91 Å². The van der Waals surface area contributed by atoms with E-state index in [0.717, 1.165) is 5.56 Å². The standard InChI is InChI=1S/C19H16FN7O/c1-13-24-17(25-27(13)16-7-5-15(20)6-8-16)19(28)22-12-14-4-2-9-21-18(14)26-11-3-10-23-26/h2-11H,12H2,1H3,(H,22,28). The predicted molar refractivity (Wildman–Crippen MR) is 98.6 cm³/mol. The van der Waals surface area contributed by atoms with E-state index in [0.29, 0.717) is 17.3 Å². The van der Waals surface area contributed by atoms with E-state index in [2.05, 4.69) is 25.5 Å². The van der Waals surface area contributed by atoms with Crippen molar-refractivity contribution in [2.45, 2.75) is 13.5 Å². The van der Waals surface area contributed by atoms with E-state index in [-0.39, 0.29) is 18.2 Å². The van der Waals surface area contributed by atoms with Crippen molar-refractivity contribution in [3.05, 3.63) is 84.1 Å². The molecule has 0 atom stereocenters. The van der Waals surface area contributed by atoms with Gasteiger partial charge >= 0.3 is 0 Å². The number of halogens is 1. The molecule has 3 aromatic heterocycles. The molecule has 0 fully saturated rings. The zero-order valence-electron chi connectivity index (χ0n) is 15.0. The summed E-state index contributed by atoms with van der Waals surface area (Å²) in [6, 6.07) is 11.3. The highest BCUT2D eigenvalue weighted by molar-refractivity contribution is 5.90. The van der Waals surface area contributed by atoms with Crippen molar-refractivity contribution in [1.82, 2.24) is 34.8 Å².